The van der Waals surface area contributed by atoms with Crippen LogP contribution < -0.4 is 5.32 Å². The number of carbonyl (C=O) groups is 1. The van der Waals surface area contributed by atoms with Gasteiger partial charge in [-0.3, -0.25) is 4.79 Å². The molecule has 0 aromatic heterocycles. The minimum Gasteiger partial charge on any atom is -0.352 e. The van der Waals surface area contributed by atoms with E-state index in [0.717, 1.165) is 25.8 Å². The first-order valence-electron chi connectivity index (χ1n) is 8.28. The summed E-state index contributed by atoms with van der Waals surface area (Å²) < 4.78 is 26.2. The average molecular weight is 356 g/mol. The lowest BCUT2D eigenvalue weighted by Crippen LogP contribution is -2.28. The standard InChI is InChI=1S/C17H29N3O3S/c1-5-6-14-20(4)24(22,23)16-10-8-15(9-11-16)17(21)18-12-7-13-19(2)3/h8-11H,5-7,12-14H2,1-4H3,(H,18,21). The molecule has 0 radical (unpaired) electrons. The van der Waals surface area contributed by atoms with Crippen LogP contribution in [-0.4, -0.2) is 64.3 Å². The van der Waals surface area contributed by atoms with Crippen LogP contribution in [0.5, 0.6) is 0 Å². The van der Waals surface area contributed by atoms with Gasteiger partial charge in [0.1, 0.15) is 0 Å². The molecule has 1 aromatic carbocycles. The molecule has 0 aliphatic rings. The maximum Gasteiger partial charge on any atom is 0.251 e. The Morgan fingerprint density at radius 1 is 1.04 bits per heavy atom. The van der Waals surface area contributed by atoms with Gasteiger partial charge >= 0.3 is 0 Å². The van der Waals surface area contributed by atoms with E-state index in [1.165, 1.54) is 16.4 Å². The lowest BCUT2D eigenvalue weighted by atomic mass is 10.2. The molecule has 7 heteroatoms. The predicted octanol–water partition coefficient (Wildman–Crippen LogP) is 1.79. The van der Waals surface area contributed by atoms with Gasteiger partial charge in [0.15, 0.2) is 0 Å². The third-order valence-electron chi connectivity index (χ3n) is 3.72. The van der Waals surface area contributed by atoms with Crippen molar-refractivity contribution in [2.24, 2.45) is 0 Å². The second kappa shape index (κ2) is 9.76. The van der Waals surface area contributed by atoms with Crippen LogP contribution in [0.15, 0.2) is 29.2 Å². The third-order valence-corrected chi connectivity index (χ3v) is 5.59. The second-order valence-corrected chi connectivity index (χ2v) is 8.16. The van der Waals surface area contributed by atoms with Crippen LogP contribution in [0.4, 0.5) is 0 Å². The highest BCUT2D eigenvalue weighted by Crippen LogP contribution is 2.15. The van der Waals surface area contributed by atoms with E-state index in [1.54, 1.807) is 19.2 Å². The Morgan fingerprint density at radius 3 is 2.21 bits per heavy atom. The smallest absolute Gasteiger partial charge is 0.251 e. The summed E-state index contributed by atoms with van der Waals surface area (Å²) >= 11 is 0. The van der Waals surface area contributed by atoms with Gasteiger partial charge in [-0.25, -0.2) is 12.7 Å². The van der Waals surface area contributed by atoms with Crippen molar-refractivity contribution in [1.29, 1.82) is 0 Å². The van der Waals surface area contributed by atoms with E-state index in [1.807, 2.05) is 21.0 Å². The van der Waals surface area contributed by atoms with Crippen molar-refractivity contribution >= 4 is 15.9 Å². The Labute approximate surface area is 145 Å². The summed E-state index contributed by atoms with van der Waals surface area (Å²) in [6.07, 6.45) is 2.63. The van der Waals surface area contributed by atoms with E-state index < -0.39 is 10.0 Å². The number of amides is 1. The second-order valence-electron chi connectivity index (χ2n) is 6.12. The van der Waals surface area contributed by atoms with E-state index in [9.17, 15) is 13.2 Å². The van der Waals surface area contributed by atoms with Gasteiger partial charge < -0.3 is 10.2 Å². The molecular weight excluding hydrogens is 326 g/mol. The first-order chi connectivity index (χ1) is 11.3. The maximum absolute atomic E-state index is 12.4. The van der Waals surface area contributed by atoms with E-state index >= 15 is 0 Å². The van der Waals surface area contributed by atoms with Gasteiger partial charge in [-0.05, 0) is 57.7 Å². The summed E-state index contributed by atoms with van der Waals surface area (Å²) in [5, 5.41) is 2.84. The van der Waals surface area contributed by atoms with Crippen LogP contribution in [-0.2, 0) is 10.0 Å². The largest absolute Gasteiger partial charge is 0.352 e. The number of rotatable bonds is 10. The molecule has 0 unspecified atom stereocenters. The highest BCUT2D eigenvalue weighted by molar-refractivity contribution is 7.89. The number of unbranched alkanes of at least 4 members (excludes halogenated alkanes) is 1. The average Bonchev–Trinajstić information content (AvgIpc) is 2.56. The quantitative estimate of drug-likeness (QED) is 0.650. The molecule has 24 heavy (non-hydrogen) atoms. The number of carbonyl (C=O) groups excluding carboxylic acids is 1. The summed E-state index contributed by atoms with van der Waals surface area (Å²) in [4.78, 5) is 14.3. The van der Waals surface area contributed by atoms with Crippen LogP contribution in [0.1, 0.15) is 36.5 Å². The van der Waals surface area contributed by atoms with Crippen LogP contribution in [0, 0.1) is 0 Å². The molecule has 1 aromatic rings. The van der Waals surface area contributed by atoms with Crippen molar-refractivity contribution in [2.75, 3.05) is 40.8 Å². The van der Waals surface area contributed by atoms with Crippen LogP contribution in [0.3, 0.4) is 0 Å². The van der Waals surface area contributed by atoms with Gasteiger partial charge in [0, 0.05) is 25.7 Å². The fourth-order valence-electron chi connectivity index (χ4n) is 2.16. The molecule has 0 aliphatic heterocycles. The number of hydrogen-bond donors (Lipinski definition) is 1. The normalized spacial score (nSPS) is 11.9. The fraction of sp³-hybridized carbons (Fsp3) is 0.588. The molecule has 1 N–H and O–H groups in total. The molecule has 0 spiro atoms. The van der Waals surface area contributed by atoms with E-state index in [2.05, 4.69) is 10.2 Å². The molecule has 0 bridgehead atoms. The molecular formula is C17H29N3O3S. The fourth-order valence-corrected chi connectivity index (χ4v) is 3.37. The number of nitrogens with one attached hydrogen (secondary N) is 1. The van der Waals surface area contributed by atoms with Crippen molar-refractivity contribution in [1.82, 2.24) is 14.5 Å². The first-order valence-corrected chi connectivity index (χ1v) is 9.72. The molecule has 0 aliphatic carbocycles. The third kappa shape index (κ3) is 6.22. The molecule has 6 nitrogen and oxygen atoms in total. The Kier molecular flexibility index (Phi) is 8.38. The number of nitrogens with zero attached hydrogens (tertiary/aromatic N) is 2. The Bertz CT molecular complexity index is 612. The van der Waals surface area contributed by atoms with Gasteiger partial charge in [0.25, 0.3) is 5.91 Å². The lowest BCUT2D eigenvalue weighted by Gasteiger charge is -2.17. The summed E-state index contributed by atoms with van der Waals surface area (Å²) in [6.45, 7) is 4.01. The van der Waals surface area contributed by atoms with Crippen molar-refractivity contribution in [3.8, 4) is 0 Å². The molecule has 0 fully saturated rings. The van der Waals surface area contributed by atoms with Gasteiger partial charge in [-0.2, -0.15) is 0 Å². The molecule has 1 rings (SSSR count). The number of hydrogen-bond acceptors (Lipinski definition) is 4. The predicted molar refractivity (Wildman–Crippen MR) is 96.7 cm³/mol. The highest BCUT2D eigenvalue weighted by atomic mass is 32.2. The minimum absolute atomic E-state index is 0.183. The summed E-state index contributed by atoms with van der Waals surface area (Å²) in [5.74, 6) is -0.183. The van der Waals surface area contributed by atoms with Gasteiger partial charge in [0.05, 0.1) is 4.90 Å². The zero-order valence-electron chi connectivity index (χ0n) is 15.1. The molecule has 0 saturated heterocycles. The summed E-state index contributed by atoms with van der Waals surface area (Å²) in [6, 6.07) is 6.10. The van der Waals surface area contributed by atoms with E-state index in [4.69, 9.17) is 0 Å². The lowest BCUT2D eigenvalue weighted by molar-refractivity contribution is 0.0952. The number of sulfonamides is 1. The highest BCUT2D eigenvalue weighted by Gasteiger charge is 2.20. The Hall–Kier alpha value is -1.44. The molecule has 0 heterocycles. The van der Waals surface area contributed by atoms with Gasteiger partial charge in [-0.1, -0.05) is 13.3 Å². The summed E-state index contributed by atoms with van der Waals surface area (Å²) in [7, 11) is 2.06. The van der Waals surface area contributed by atoms with Crippen LogP contribution >= 0.6 is 0 Å². The first kappa shape index (κ1) is 20.6. The van der Waals surface area contributed by atoms with Crippen LogP contribution in [0.25, 0.3) is 0 Å². The molecule has 0 saturated carbocycles. The SMILES string of the molecule is CCCCN(C)S(=O)(=O)c1ccc(C(=O)NCCCN(C)C)cc1. The van der Waals surface area contributed by atoms with Crippen molar-refractivity contribution in [2.45, 2.75) is 31.1 Å². The van der Waals surface area contributed by atoms with E-state index in [0.29, 0.717) is 18.7 Å². The molecule has 0 atom stereocenters. The maximum atomic E-state index is 12.4. The zero-order valence-corrected chi connectivity index (χ0v) is 15.9. The Morgan fingerprint density at radius 2 is 1.67 bits per heavy atom. The molecule has 1 amide bonds. The van der Waals surface area contributed by atoms with Crippen molar-refractivity contribution in [3.05, 3.63) is 29.8 Å². The van der Waals surface area contributed by atoms with Gasteiger partial charge in [0.2, 0.25) is 10.0 Å². The minimum atomic E-state index is -3.49. The number of benzene rings is 1. The summed E-state index contributed by atoms with van der Waals surface area (Å²) in [5.41, 5.74) is 0.468. The Balaban J connectivity index is 2.66. The van der Waals surface area contributed by atoms with Gasteiger partial charge in [-0.15, -0.1) is 0 Å². The topological polar surface area (TPSA) is 69.7 Å². The van der Waals surface area contributed by atoms with Crippen LogP contribution in [0.2, 0.25) is 0 Å². The van der Waals surface area contributed by atoms with Crippen molar-refractivity contribution in [3.63, 3.8) is 0 Å². The zero-order chi connectivity index (χ0) is 18.2. The monoisotopic (exact) mass is 355 g/mol. The molecule has 136 valence electrons. The van der Waals surface area contributed by atoms with E-state index in [-0.39, 0.29) is 10.8 Å². The van der Waals surface area contributed by atoms with Crippen molar-refractivity contribution < 1.29 is 13.2 Å².